The molecule has 90 valence electrons. The molecule has 17 heavy (non-hydrogen) atoms. The van der Waals surface area contributed by atoms with Gasteiger partial charge in [-0.1, -0.05) is 48.3 Å². The predicted molar refractivity (Wildman–Crippen MR) is 70.6 cm³/mol. The summed E-state index contributed by atoms with van der Waals surface area (Å²) >= 11 is 9.59. The van der Waals surface area contributed by atoms with Crippen LogP contribution in [-0.2, 0) is 5.41 Å². The second kappa shape index (κ2) is 4.38. The van der Waals surface area contributed by atoms with E-state index >= 15 is 0 Å². The van der Waals surface area contributed by atoms with E-state index < -0.39 is 0 Å². The van der Waals surface area contributed by atoms with Crippen molar-refractivity contribution in [1.82, 2.24) is 20.2 Å². The van der Waals surface area contributed by atoms with E-state index in [1.807, 2.05) is 18.2 Å². The lowest BCUT2D eigenvalue weighted by molar-refractivity contribution is 0.526. The molecular weight excluding hydrogens is 304 g/mol. The SMILES string of the molecule is CC(C)(C)c1nnnn1-c1cc(Br)ccc1Cl. The molecular formula is C11H12BrClN4. The minimum absolute atomic E-state index is 0.144. The molecule has 1 aromatic heterocycles. The third-order valence-corrected chi connectivity index (χ3v) is 3.09. The summed E-state index contributed by atoms with van der Waals surface area (Å²) in [5.74, 6) is 0.775. The molecule has 0 radical (unpaired) electrons. The first-order valence-corrected chi connectivity index (χ1v) is 6.31. The van der Waals surface area contributed by atoms with Crippen molar-refractivity contribution in [2.45, 2.75) is 26.2 Å². The molecule has 0 aliphatic rings. The molecule has 1 aromatic carbocycles. The van der Waals surface area contributed by atoms with Crippen molar-refractivity contribution < 1.29 is 0 Å². The summed E-state index contributed by atoms with van der Waals surface area (Å²) in [5.41, 5.74) is 0.630. The Balaban J connectivity index is 2.61. The molecule has 2 rings (SSSR count). The third kappa shape index (κ3) is 2.50. The van der Waals surface area contributed by atoms with Crippen LogP contribution in [0, 0.1) is 0 Å². The quantitative estimate of drug-likeness (QED) is 0.810. The number of hydrogen-bond acceptors (Lipinski definition) is 3. The topological polar surface area (TPSA) is 43.6 Å². The van der Waals surface area contributed by atoms with Gasteiger partial charge in [0.05, 0.1) is 10.7 Å². The van der Waals surface area contributed by atoms with Gasteiger partial charge in [-0.15, -0.1) is 5.10 Å². The van der Waals surface area contributed by atoms with Crippen molar-refractivity contribution in [3.63, 3.8) is 0 Å². The van der Waals surface area contributed by atoms with Crippen LogP contribution in [0.2, 0.25) is 5.02 Å². The molecule has 1 heterocycles. The zero-order valence-electron chi connectivity index (χ0n) is 9.78. The summed E-state index contributed by atoms with van der Waals surface area (Å²) in [6.45, 7) is 6.17. The monoisotopic (exact) mass is 314 g/mol. The number of aromatic nitrogens is 4. The largest absolute Gasteiger partial charge is 0.195 e. The number of halogens is 2. The van der Waals surface area contributed by atoms with Crippen molar-refractivity contribution in [2.24, 2.45) is 0 Å². The van der Waals surface area contributed by atoms with Crippen LogP contribution in [0.5, 0.6) is 0 Å². The minimum Gasteiger partial charge on any atom is -0.195 e. The maximum atomic E-state index is 6.17. The highest BCUT2D eigenvalue weighted by molar-refractivity contribution is 9.10. The van der Waals surface area contributed by atoms with E-state index in [2.05, 4.69) is 52.2 Å². The highest BCUT2D eigenvalue weighted by Crippen LogP contribution is 2.28. The number of hydrogen-bond donors (Lipinski definition) is 0. The van der Waals surface area contributed by atoms with Crippen LogP contribution in [0.25, 0.3) is 5.69 Å². The molecule has 0 unspecified atom stereocenters. The standard InChI is InChI=1S/C11H12BrClN4/c1-11(2,3)10-14-15-16-17(10)9-6-7(12)4-5-8(9)13/h4-6H,1-3H3. The van der Waals surface area contributed by atoms with Crippen molar-refractivity contribution >= 4 is 27.5 Å². The molecule has 0 N–H and O–H groups in total. The van der Waals surface area contributed by atoms with E-state index in [1.165, 1.54) is 0 Å². The number of nitrogens with zero attached hydrogens (tertiary/aromatic N) is 4. The van der Waals surface area contributed by atoms with Gasteiger partial charge in [-0.2, -0.15) is 4.68 Å². The average molecular weight is 316 g/mol. The Morgan fingerprint density at radius 3 is 2.65 bits per heavy atom. The predicted octanol–water partition coefficient (Wildman–Crippen LogP) is 3.38. The van der Waals surface area contributed by atoms with Gasteiger partial charge in [0.15, 0.2) is 5.82 Å². The zero-order chi connectivity index (χ0) is 12.6. The van der Waals surface area contributed by atoms with Crippen molar-refractivity contribution in [1.29, 1.82) is 0 Å². The van der Waals surface area contributed by atoms with E-state index in [4.69, 9.17) is 11.6 Å². The molecule has 0 aliphatic carbocycles. The summed E-state index contributed by atoms with van der Waals surface area (Å²) in [6.07, 6.45) is 0. The summed E-state index contributed by atoms with van der Waals surface area (Å²) in [7, 11) is 0. The van der Waals surface area contributed by atoms with Crippen molar-refractivity contribution in [2.75, 3.05) is 0 Å². The van der Waals surface area contributed by atoms with Gasteiger partial charge in [-0.05, 0) is 28.6 Å². The average Bonchev–Trinajstić information content (AvgIpc) is 2.69. The Hall–Kier alpha value is -0.940. The zero-order valence-corrected chi connectivity index (χ0v) is 12.1. The van der Waals surface area contributed by atoms with E-state index in [0.29, 0.717) is 5.02 Å². The van der Waals surface area contributed by atoms with Gasteiger partial charge in [-0.3, -0.25) is 0 Å². The highest BCUT2D eigenvalue weighted by Gasteiger charge is 2.23. The molecule has 0 saturated heterocycles. The summed E-state index contributed by atoms with van der Waals surface area (Å²) in [5, 5.41) is 12.4. The van der Waals surface area contributed by atoms with Crippen LogP contribution >= 0.6 is 27.5 Å². The van der Waals surface area contributed by atoms with Crippen molar-refractivity contribution in [3.8, 4) is 5.69 Å². The fourth-order valence-electron chi connectivity index (χ4n) is 1.47. The van der Waals surface area contributed by atoms with Crippen molar-refractivity contribution in [3.05, 3.63) is 33.5 Å². The summed E-state index contributed by atoms with van der Waals surface area (Å²) in [4.78, 5) is 0. The maximum absolute atomic E-state index is 6.17. The molecule has 0 atom stereocenters. The van der Waals surface area contributed by atoms with Gasteiger partial charge < -0.3 is 0 Å². The second-order valence-corrected chi connectivity index (χ2v) is 6.08. The minimum atomic E-state index is -0.144. The smallest absolute Gasteiger partial charge is 0.162 e. The number of tetrazole rings is 1. The Kier molecular flexibility index (Phi) is 3.23. The van der Waals surface area contributed by atoms with Gasteiger partial charge >= 0.3 is 0 Å². The maximum Gasteiger partial charge on any atom is 0.162 e. The Morgan fingerprint density at radius 1 is 1.29 bits per heavy atom. The first kappa shape index (κ1) is 12.5. The lowest BCUT2D eigenvalue weighted by Gasteiger charge is -2.17. The first-order valence-electron chi connectivity index (χ1n) is 5.14. The number of benzene rings is 1. The van der Waals surface area contributed by atoms with E-state index in [1.54, 1.807) is 4.68 Å². The molecule has 0 spiro atoms. The van der Waals surface area contributed by atoms with Crippen LogP contribution in [0.3, 0.4) is 0 Å². The Labute approximate surface area is 113 Å². The molecule has 0 aliphatic heterocycles. The first-order chi connectivity index (χ1) is 7.89. The lowest BCUT2D eigenvalue weighted by atomic mass is 9.96. The molecule has 0 bridgehead atoms. The van der Waals surface area contributed by atoms with Crippen LogP contribution < -0.4 is 0 Å². The molecule has 6 heteroatoms. The fraction of sp³-hybridized carbons (Fsp3) is 0.364. The molecule has 0 amide bonds. The van der Waals surface area contributed by atoms with Gasteiger partial charge in [0.2, 0.25) is 0 Å². The van der Waals surface area contributed by atoms with Gasteiger partial charge in [0, 0.05) is 9.89 Å². The molecule has 0 saturated carbocycles. The Morgan fingerprint density at radius 2 is 2.00 bits per heavy atom. The Bertz CT molecular complexity index is 545. The highest BCUT2D eigenvalue weighted by atomic mass is 79.9. The molecule has 0 fully saturated rings. The van der Waals surface area contributed by atoms with Gasteiger partial charge in [0.1, 0.15) is 0 Å². The fourth-order valence-corrected chi connectivity index (χ4v) is 2.01. The van der Waals surface area contributed by atoms with Crippen LogP contribution in [-0.4, -0.2) is 20.2 Å². The van der Waals surface area contributed by atoms with Crippen LogP contribution in [0.15, 0.2) is 22.7 Å². The van der Waals surface area contributed by atoms with E-state index in [-0.39, 0.29) is 5.41 Å². The van der Waals surface area contributed by atoms with Crippen LogP contribution in [0.4, 0.5) is 0 Å². The van der Waals surface area contributed by atoms with Crippen LogP contribution in [0.1, 0.15) is 26.6 Å². The van der Waals surface area contributed by atoms with E-state index in [9.17, 15) is 0 Å². The summed E-state index contributed by atoms with van der Waals surface area (Å²) < 4.78 is 2.61. The number of rotatable bonds is 1. The molecule has 2 aromatic rings. The molecule has 4 nitrogen and oxygen atoms in total. The third-order valence-electron chi connectivity index (χ3n) is 2.28. The van der Waals surface area contributed by atoms with Gasteiger partial charge in [-0.25, -0.2) is 0 Å². The van der Waals surface area contributed by atoms with Gasteiger partial charge in [0.25, 0.3) is 0 Å². The lowest BCUT2D eigenvalue weighted by Crippen LogP contribution is -2.19. The van der Waals surface area contributed by atoms with E-state index in [0.717, 1.165) is 16.0 Å². The normalized spacial score (nSPS) is 11.8. The summed E-state index contributed by atoms with van der Waals surface area (Å²) in [6, 6.07) is 5.59. The second-order valence-electron chi connectivity index (χ2n) is 4.76.